The summed E-state index contributed by atoms with van der Waals surface area (Å²) in [7, 11) is 0. The van der Waals surface area contributed by atoms with Gasteiger partial charge in [-0.25, -0.2) is 8.78 Å². The highest BCUT2D eigenvalue weighted by molar-refractivity contribution is 5.47. The standard InChI is InChI=1S/C31H28F12O4/c1-17(2)46-24-14-19(8-9-23(24)33)27(16-18-6-4-3-5-7-18,11-10-25(44)28(45,30(38,39)40)31(41,42)43)20-12-21(32)15-22(13-20)47-29(36,37)26(34)35/h3-9,12-15,17,25-26,44-45H,10-11,16H2,1-2H3/t25?,27-/m0/s1. The normalized spacial score (nSPS) is 15.1. The Morgan fingerprint density at radius 1 is 0.766 bits per heavy atom. The first-order chi connectivity index (χ1) is 21.5. The Morgan fingerprint density at radius 2 is 1.36 bits per heavy atom. The average molecular weight is 693 g/mol. The predicted molar refractivity (Wildman–Crippen MR) is 143 cm³/mol. The van der Waals surface area contributed by atoms with Crippen molar-refractivity contribution in [2.45, 2.75) is 81.2 Å². The summed E-state index contributed by atoms with van der Waals surface area (Å²) in [6.07, 6.45) is -29.8. The van der Waals surface area contributed by atoms with Crippen LogP contribution in [0.2, 0.25) is 0 Å². The first-order valence-electron chi connectivity index (χ1n) is 13.7. The van der Waals surface area contributed by atoms with Crippen molar-refractivity contribution in [2.24, 2.45) is 0 Å². The summed E-state index contributed by atoms with van der Waals surface area (Å²) in [6, 6.07) is 11.7. The predicted octanol–water partition coefficient (Wildman–Crippen LogP) is 8.51. The molecule has 3 aromatic rings. The second-order valence-electron chi connectivity index (χ2n) is 11.0. The number of aliphatic hydroxyl groups excluding tert-OH is 1. The van der Waals surface area contributed by atoms with Crippen LogP contribution < -0.4 is 9.47 Å². The van der Waals surface area contributed by atoms with Crippen molar-refractivity contribution in [1.29, 1.82) is 0 Å². The molecule has 47 heavy (non-hydrogen) atoms. The van der Waals surface area contributed by atoms with Crippen LogP contribution in [0.25, 0.3) is 0 Å². The van der Waals surface area contributed by atoms with Crippen molar-refractivity contribution in [1.82, 2.24) is 0 Å². The molecular weight excluding hydrogens is 664 g/mol. The second-order valence-corrected chi connectivity index (χ2v) is 11.0. The fourth-order valence-electron chi connectivity index (χ4n) is 5.07. The molecule has 0 amide bonds. The lowest BCUT2D eigenvalue weighted by molar-refractivity contribution is -0.391. The first-order valence-corrected chi connectivity index (χ1v) is 13.7. The molecule has 2 N–H and O–H groups in total. The Balaban J connectivity index is 2.36. The van der Waals surface area contributed by atoms with Gasteiger partial charge in [0, 0.05) is 11.5 Å². The molecule has 260 valence electrons. The van der Waals surface area contributed by atoms with Gasteiger partial charge in [-0.3, -0.25) is 0 Å². The van der Waals surface area contributed by atoms with Crippen LogP contribution in [0, 0.1) is 11.6 Å². The lowest BCUT2D eigenvalue weighted by Gasteiger charge is -2.40. The first kappa shape index (κ1) is 37.8. The van der Waals surface area contributed by atoms with Crippen LogP contribution in [-0.2, 0) is 11.8 Å². The molecule has 0 spiro atoms. The van der Waals surface area contributed by atoms with E-state index in [1.807, 2.05) is 0 Å². The minimum Gasteiger partial charge on any atom is -0.488 e. The summed E-state index contributed by atoms with van der Waals surface area (Å²) < 4.78 is 175. The van der Waals surface area contributed by atoms with Gasteiger partial charge in [0.1, 0.15) is 17.7 Å². The van der Waals surface area contributed by atoms with Crippen LogP contribution in [-0.4, -0.2) is 52.9 Å². The zero-order valence-corrected chi connectivity index (χ0v) is 24.5. The van der Waals surface area contributed by atoms with Crippen molar-refractivity contribution < 1.29 is 72.4 Å². The van der Waals surface area contributed by atoms with Gasteiger partial charge in [-0.2, -0.15) is 43.9 Å². The molecule has 0 radical (unpaired) electrons. The lowest BCUT2D eigenvalue weighted by atomic mass is 9.66. The van der Waals surface area contributed by atoms with E-state index in [1.54, 1.807) is 0 Å². The second kappa shape index (κ2) is 13.8. The van der Waals surface area contributed by atoms with E-state index in [9.17, 15) is 58.5 Å². The Kier molecular flexibility index (Phi) is 11.1. The van der Waals surface area contributed by atoms with Crippen LogP contribution in [0.15, 0.2) is 66.7 Å². The van der Waals surface area contributed by atoms with E-state index in [0.29, 0.717) is 12.1 Å². The van der Waals surface area contributed by atoms with Crippen molar-refractivity contribution in [2.75, 3.05) is 0 Å². The van der Waals surface area contributed by atoms with Gasteiger partial charge in [-0.1, -0.05) is 36.4 Å². The molecular formula is C31H28F12O4. The van der Waals surface area contributed by atoms with Gasteiger partial charge in [-0.15, -0.1) is 0 Å². The topological polar surface area (TPSA) is 58.9 Å². The molecule has 2 atom stereocenters. The smallest absolute Gasteiger partial charge is 0.461 e. The van der Waals surface area contributed by atoms with E-state index in [4.69, 9.17) is 4.74 Å². The molecule has 0 aromatic heterocycles. The van der Waals surface area contributed by atoms with Crippen molar-refractivity contribution in [3.8, 4) is 11.5 Å². The fourth-order valence-corrected chi connectivity index (χ4v) is 5.07. The van der Waals surface area contributed by atoms with E-state index in [0.717, 1.165) is 18.2 Å². The Morgan fingerprint density at radius 3 is 1.89 bits per heavy atom. The highest BCUT2D eigenvalue weighted by Gasteiger charge is 2.74. The summed E-state index contributed by atoms with van der Waals surface area (Å²) >= 11 is 0. The number of hydrogen-bond acceptors (Lipinski definition) is 4. The van der Waals surface area contributed by atoms with E-state index in [1.165, 1.54) is 44.2 Å². The zero-order chi connectivity index (χ0) is 35.6. The molecule has 16 heteroatoms. The van der Waals surface area contributed by atoms with Crippen molar-refractivity contribution in [3.05, 3.63) is 95.1 Å². The number of aliphatic hydroxyl groups is 2. The molecule has 3 rings (SSSR count). The Hall–Kier alpha value is -3.66. The number of ether oxygens (including phenoxy) is 2. The maximum Gasteiger partial charge on any atom is 0.461 e. The van der Waals surface area contributed by atoms with Crippen LogP contribution in [0.4, 0.5) is 52.7 Å². The van der Waals surface area contributed by atoms with Gasteiger partial charge < -0.3 is 19.7 Å². The molecule has 0 aliphatic carbocycles. The maximum atomic E-state index is 15.0. The molecule has 0 aliphatic rings. The maximum absolute atomic E-state index is 15.0. The fraction of sp³-hybridized carbons (Fsp3) is 0.419. The monoisotopic (exact) mass is 692 g/mol. The third-order valence-electron chi connectivity index (χ3n) is 7.32. The third-order valence-corrected chi connectivity index (χ3v) is 7.32. The molecule has 1 unspecified atom stereocenters. The lowest BCUT2D eigenvalue weighted by Crippen LogP contribution is -2.64. The van der Waals surface area contributed by atoms with Crippen molar-refractivity contribution >= 4 is 0 Å². The average Bonchev–Trinajstić information content (AvgIpc) is 2.94. The summed E-state index contributed by atoms with van der Waals surface area (Å²) in [5.74, 6) is -4.05. The summed E-state index contributed by atoms with van der Waals surface area (Å²) in [6.45, 7) is 2.99. The molecule has 0 aliphatic heterocycles. The number of halogens is 12. The largest absolute Gasteiger partial charge is 0.488 e. The number of rotatable bonds is 13. The Bertz CT molecular complexity index is 1480. The summed E-state index contributed by atoms with van der Waals surface area (Å²) in [5, 5.41) is 20.2. The SMILES string of the molecule is CC(C)Oc1cc([C@](CCC(O)C(O)(C(F)(F)F)C(F)(F)F)(Cc2ccccc2)c2cc(F)cc(OC(F)(F)C(F)F)c2)ccc1F. The zero-order valence-electron chi connectivity index (χ0n) is 24.5. The molecule has 0 heterocycles. The molecule has 0 fully saturated rings. The van der Waals surface area contributed by atoms with Gasteiger partial charge in [0.2, 0.25) is 0 Å². The van der Waals surface area contributed by atoms with E-state index in [-0.39, 0.29) is 17.2 Å². The highest BCUT2D eigenvalue weighted by Crippen LogP contribution is 2.49. The number of benzene rings is 3. The van der Waals surface area contributed by atoms with Crippen LogP contribution in [0.3, 0.4) is 0 Å². The number of hydrogen-bond donors (Lipinski definition) is 2. The summed E-state index contributed by atoms with van der Waals surface area (Å²) in [4.78, 5) is 0. The van der Waals surface area contributed by atoms with Gasteiger partial charge in [-0.05, 0) is 74.1 Å². The minimum atomic E-state index is -6.44. The highest BCUT2D eigenvalue weighted by atomic mass is 19.4. The molecule has 4 nitrogen and oxygen atoms in total. The van der Waals surface area contributed by atoms with Gasteiger partial charge in [0.15, 0.2) is 11.6 Å². The van der Waals surface area contributed by atoms with Crippen molar-refractivity contribution in [3.63, 3.8) is 0 Å². The molecule has 0 saturated heterocycles. The van der Waals surface area contributed by atoms with E-state index < -0.39 is 96.1 Å². The van der Waals surface area contributed by atoms with E-state index in [2.05, 4.69) is 4.74 Å². The third kappa shape index (κ3) is 8.26. The quantitative estimate of drug-likeness (QED) is 0.177. The van der Waals surface area contributed by atoms with Crippen LogP contribution in [0.5, 0.6) is 11.5 Å². The van der Waals surface area contributed by atoms with Gasteiger partial charge in [0.25, 0.3) is 5.60 Å². The van der Waals surface area contributed by atoms with Crippen LogP contribution in [0.1, 0.15) is 43.4 Å². The summed E-state index contributed by atoms with van der Waals surface area (Å²) in [5.41, 5.74) is -8.24. The Labute approximate surface area is 260 Å². The van der Waals surface area contributed by atoms with Gasteiger partial charge >= 0.3 is 24.9 Å². The molecule has 0 bridgehead atoms. The molecule has 3 aromatic carbocycles. The van der Waals surface area contributed by atoms with Gasteiger partial charge in [0.05, 0.1) is 6.10 Å². The number of alkyl halides is 10. The minimum absolute atomic E-state index is 0.190. The molecule has 0 saturated carbocycles. The van der Waals surface area contributed by atoms with Crippen LogP contribution >= 0.6 is 0 Å². The van der Waals surface area contributed by atoms with E-state index >= 15 is 4.39 Å².